The van der Waals surface area contributed by atoms with Crippen LogP contribution in [0.15, 0.2) is 23.2 Å². The van der Waals surface area contributed by atoms with E-state index < -0.39 is 0 Å². The third-order valence-electron chi connectivity index (χ3n) is 0.868. The Labute approximate surface area is 82.6 Å². The molecule has 0 N–H and O–H groups in total. The summed E-state index contributed by atoms with van der Waals surface area (Å²) in [7, 11) is 0. The number of nitrogens with zero attached hydrogens (tertiary/aromatic N) is 1. The Balaban J connectivity index is 0.000000640. The number of hydrogen-bond donors (Lipinski definition) is 0. The normalized spacial score (nSPS) is 8.11. The van der Waals surface area contributed by atoms with E-state index in [1.807, 2.05) is 19.1 Å². The molecule has 0 aliphatic carbocycles. The van der Waals surface area contributed by atoms with Crippen molar-refractivity contribution in [2.45, 2.75) is 11.8 Å². The van der Waals surface area contributed by atoms with E-state index in [1.165, 1.54) is 0 Å². The summed E-state index contributed by atoms with van der Waals surface area (Å²) in [5, 5.41) is 0. The van der Waals surface area contributed by atoms with Crippen molar-refractivity contribution in [1.82, 2.24) is 4.98 Å². The molecule has 1 aromatic heterocycles. The van der Waals surface area contributed by atoms with Gasteiger partial charge in [-0.1, -0.05) is 12.1 Å². The van der Waals surface area contributed by atoms with Crippen molar-refractivity contribution in [3.05, 3.63) is 24.0 Å². The van der Waals surface area contributed by atoms with Gasteiger partial charge in [0.1, 0.15) is 0 Å². The molecule has 0 saturated heterocycles. The average Bonchev–Trinajstić information content (AvgIpc) is 1.64. The van der Waals surface area contributed by atoms with E-state index in [1.54, 1.807) is 6.20 Å². The molecule has 1 rings (SSSR count). The quantitative estimate of drug-likeness (QED) is 0.320. The van der Waals surface area contributed by atoms with Gasteiger partial charge in [-0.15, -0.1) is 0 Å². The first-order chi connectivity index (χ1) is 3.79. The fourth-order valence-electron chi connectivity index (χ4n) is 0.520. The maximum Gasteiger partial charge on any atom is 1.00 e. The van der Waals surface area contributed by atoms with Crippen LogP contribution in [-0.4, -0.2) is 4.98 Å². The Kier molecular flexibility index (Phi) is 4.40. The smallest absolute Gasteiger partial charge is 0.780 e. The first kappa shape index (κ1) is 9.37. The molecule has 0 aliphatic heterocycles. The molecule has 1 nitrogen and oxygen atoms in total. The summed E-state index contributed by atoms with van der Waals surface area (Å²) in [6.45, 7) is 1.93. The van der Waals surface area contributed by atoms with Crippen LogP contribution < -0.4 is 29.6 Å². The van der Waals surface area contributed by atoms with Gasteiger partial charge >= 0.3 is 29.6 Å². The predicted molar refractivity (Wildman–Crippen MR) is 34.6 cm³/mol. The van der Waals surface area contributed by atoms with Gasteiger partial charge in [0.2, 0.25) is 0 Å². The van der Waals surface area contributed by atoms with E-state index >= 15 is 0 Å². The molecule has 0 amide bonds. The summed E-state index contributed by atoms with van der Waals surface area (Å²) in [4.78, 5) is 4.83. The summed E-state index contributed by atoms with van der Waals surface area (Å²) in [5.41, 5.74) is 0.984. The maximum absolute atomic E-state index is 4.86. The van der Waals surface area contributed by atoms with Gasteiger partial charge in [0.15, 0.2) is 0 Å². The van der Waals surface area contributed by atoms with Crippen LogP contribution in [0.4, 0.5) is 0 Å². The van der Waals surface area contributed by atoms with Crippen molar-refractivity contribution in [2.24, 2.45) is 0 Å². The second kappa shape index (κ2) is 4.23. The van der Waals surface area contributed by atoms with Crippen molar-refractivity contribution >= 4 is 12.6 Å². The summed E-state index contributed by atoms with van der Waals surface area (Å²) < 4.78 is 0. The zero-order chi connectivity index (χ0) is 5.98. The van der Waals surface area contributed by atoms with Crippen molar-refractivity contribution < 1.29 is 29.6 Å². The second-order valence-corrected chi connectivity index (χ2v) is 2.10. The van der Waals surface area contributed by atoms with Gasteiger partial charge in [0, 0.05) is 11.9 Å². The number of aromatic nitrogens is 1. The molecule has 0 atom stereocenters. The molecule has 0 bridgehead atoms. The van der Waals surface area contributed by atoms with Gasteiger partial charge in [0.25, 0.3) is 0 Å². The maximum atomic E-state index is 4.86. The zero-order valence-corrected chi connectivity index (χ0v) is 8.40. The molecule has 0 aromatic carbocycles. The molecular weight excluding hydrogens is 141 g/mol. The molecule has 1 heterocycles. The monoisotopic (exact) mass is 147 g/mol. The molecule has 0 fully saturated rings. The zero-order valence-electron chi connectivity index (χ0n) is 5.59. The number of hydrogen-bond acceptors (Lipinski definition) is 2. The number of rotatable bonds is 0. The van der Waals surface area contributed by atoms with Crippen LogP contribution >= 0.6 is 0 Å². The first-order valence-corrected chi connectivity index (χ1v) is 2.79. The van der Waals surface area contributed by atoms with Gasteiger partial charge in [0.05, 0.1) is 0 Å². The SMILES string of the molecule is Cc1cc([S-])ccn1.[Na+]. The molecule has 0 unspecified atom stereocenters. The summed E-state index contributed by atoms with van der Waals surface area (Å²) in [6, 6.07) is 3.68. The van der Waals surface area contributed by atoms with Crippen LogP contribution in [0.1, 0.15) is 5.69 Å². The largest absolute Gasteiger partial charge is 1.00 e. The minimum atomic E-state index is 0. The van der Waals surface area contributed by atoms with Crippen LogP contribution in [0, 0.1) is 6.92 Å². The molecule has 3 heteroatoms. The Hall–Kier alpha value is 0.370. The van der Waals surface area contributed by atoms with Crippen molar-refractivity contribution in [3.8, 4) is 0 Å². The van der Waals surface area contributed by atoms with Crippen LogP contribution in [0.5, 0.6) is 0 Å². The van der Waals surface area contributed by atoms with E-state index in [2.05, 4.69) is 4.98 Å². The molecule has 0 radical (unpaired) electrons. The Morgan fingerprint density at radius 2 is 2.22 bits per heavy atom. The van der Waals surface area contributed by atoms with Crippen LogP contribution in [0.3, 0.4) is 0 Å². The van der Waals surface area contributed by atoms with E-state index in [-0.39, 0.29) is 29.6 Å². The Morgan fingerprint density at radius 1 is 1.56 bits per heavy atom. The van der Waals surface area contributed by atoms with Crippen molar-refractivity contribution in [2.75, 3.05) is 0 Å². The summed E-state index contributed by atoms with van der Waals surface area (Å²) >= 11 is 4.86. The van der Waals surface area contributed by atoms with Gasteiger partial charge < -0.3 is 12.6 Å². The second-order valence-electron chi connectivity index (χ2n) is 1.63. The minimum absolute atomic E-state index is 0. The molecule has 1 aromatic rings. The number of aryl methyl sites for hydroxylation is 1. The van der Waals surface area contributed by atoms with E-state index in [0.29, 0.717) is 0 Å². The van der Waals surface area contributed by atoms with Gasteiger partial charge in [-0.05, 0) is 6.92 Å². The Morgan fingerprint density at radius 3 is 2.56 bits per heavy atom. The van der Waals surface area contributed by atoms with Gasteiger partial charge in [-0.3, -0.25) is 4.98 Å². The molecule has 0 saturated carbocycles. The van der Waals surface area contributed by atoms with Crippen molar-refractivity contribution in [3.63, 3.8) is 0 Å². The van der Waals surface area contributed by atoms with Crippen LogP contribution in [0.2, 0.25) is 0 Å². The predicted octanol–water partition coefficient (Wildman–Crippen LogP) is -1.70. The Bertz CT molecular complexity index is 173. The summed E-state index contributed by atoms with van der Waals surface area (Å²) in [6.07, 6.45) is 1.72. The minimum Gasteiger partial charge on any atom is -0.780 e. The topological polar surface area (TPSA) is 12.9 Å². The van der Waals surface area contributed by atoms with Crippen molar-refractivity contribution in [1.29, 1.82) is 0 Å². The van der Waals surface area contributed by atoms with Gasteiger partial charge in [-0.2, -0.15) is 4.90 Å². The summed E-state index contributed by atoms with van der Waals surface area (Å²) in [5.74, 6) is 0. The van der Waals surface area contributed by atoms with E-state index in [4.69, 9.17) is 12.6 Å². The number of pyridine rings is 1. The van der Waals surface area contributed by atoms with Gasteiger partial charge in [-0.25, -0.2) is 0 Å². The molecule has 0 spiro atoms. The van der Waals surface area contributed by atoms with Crippen LogP contribution in [0.25, 0.3) is 0 Å². The third-order valence-corrected chi connectivity index (χ3v) is 1.12. The fraction of sp³-hybridized carbons (Fsp3) is 0.167. The molecule has 42 valence electrons. The average molecular weight is 147 g/mol. The molecule has 0 aliphatic rings. The third kappa shape index (κ3) is 3.16. The first-order valence-electron chi connectivity index (χ1n) is 2.39. The van der Waals surface area contributed by atoms with Crippen LogP contribution in [-0.2, 0) is 12.6 Å². The van der Waals surface area contributed by atoms with E-state index in [9.17, 15) is 0 Å². The van der Waals surface area contributed by atoms with E-state index in [0.717, 1.165) is 10.6 Å². The fourth-order valence-corrected chi connectivity index (χ4v) is 0.751. The standard InChI is InChI=1S/C6H7NS.Na/c1-5-4-6(8)2-3-7-5;/h2-4H,1H3,(H,7,8);/q;+1/p-1. The molecular formula is C6H6NNaS. The molecule has 9 heavy (non-hydrogen) atoms.